The van der Waals surface area contributed by atoms with Crippen molar-refractivity contribution in [2.75, 3.05) is 42.9 Å². The molecule has 0 radical (unpaired) electrons. The van der Waals surface area contributed by atoms with Crippen molar-refractivity contribution in [1.82, 2.24) is 9.88 Å². The number of amides is 1. The number of aromatic nitrogens is 1. The summed E-state index contributed by atoms with van der Waals surface area (Å²) in [5.74, 6) is 0.171. The van der Waals surface area contributed by atoms with E-state index in [1.807, 2.05) is 19.2 Å². The number of carbonyl (C=O) groups is 1. The molecule has 0 unspecified atom stereocenters. The van der Waals surface area contributed by atoms with E-state index < -0.39 is 5.91 Å². The van der Waals surface area contributed by atoms with E-state index in [0.717, 1.165) is 49.1 Å². The number of likely N-dealkylation sites (N-methyl/N-ethyl adjacent to an activating group) is 1. The summed E-state index contributed by atoms with van der Waals surface area (Å²) in [4.78, 5) is 21.3. The van der Waals surface area contributed by atoms with Crippen molar-refractivity contribution < 1.29 is 9.53 Å². The number of nitrogens with zero attached hydrogens (tertiary/aromatic N) is 3. The van der Waals surface area contributed by atoms with Crippen LogP contribution in [0.4, 0.5) is 16.5 Å². The summed E-state index contributed by atoms with van der Waals surface area (Å²) in [6, 6.07) is 13.7. The van der Waals surface area contributed by atoms with Gasteiger partial charge in [-0.3, -0.25) is 4.79 Å². The predicted molar refractivity (Wildman–Crippen MR) is 136 cm³/mol. The van der Waals surface area contributed by atoms with Gasteiger partial charge < -0.3 is 25.6 Å². The summed E-state index contributed by atoms with van der Waals surface area (Å²) in [6.07, 6.45) is 0.000276. The van der Waals surface area contributed by atoms with Gasteiger partial charge in [0.1, 0.15) is 5.75 Å². The molecule has 1 aliphatic rings. The number of thiazole rings is 1. The molecule has 8 heteroatoms. The van der Waals surface area contributed by atoms with Crippen LogP contribution in [0.2, 0.25) is 0 Å². The number of benzene rings is 2. The molecule has 0 bridgehead atoms. The van der Waals surface area contributed by atoms with Crippen LogP contribution in [0.25, 0.3) is 11.3 Å². The number of nitrogens with one attached hydrogen (secondary N) is 1. The van der Waals surface area contributed by atoms with Crippen LogP contribution in [-0.4, -0.2) is 54.6 Å². The minimum Gasteiger partial charge on any atom is -0.489 e. The van der Waals surface area contributed by atoms with Gasteiger partial charge in [-0.05, 0) is 50.7 Å². The zero-order valence-corrected chi connectivity index (χ0v) is 20.2. The molecule has 0 saturated carbocycles. The highest BCUT2D eigenvalue weighted by Crippen LogP contribution is 2.33. The van der Waals surface area contributed by atoms with E-state index >= 15 is 0 Å². The van der Waals surface area contributed by atoms with Gasteiger partial charge in [-0.2, -0.15) is 0 Å². The van der Waals surface area contributed by atoms with E-state index in [0.29, 0.717) is 17.0 Å². The molecule has 1 saturated heterocycles. The molecule has 2 heterocycles. The lowest BCUT2D eigenvalue weighted by Gasteiger charge is -2.35. The lowest BCUT2D eigenvalue weighted by atomic mass is 10.1. The maximum atomic E-state index is 11.6. The monoisotopic (exact) mass is 465 g/mol. The SMILES string of the molecule is CCN1CCN(c2ccc(-c3csc(Nc4cc(C(N)=O)ccc4OC(C)C)n3)cc2)CC1. The van der Waals surface area contributed by atoms with Gasteiger partial charge in [-0.1, -0.05) is 19.1 Å². The number of nitrogens with two attached hydrogens (primary N) is 1. The Kier molecular flexibility index (Phi) is 7.15. The van der Waals surface area contributed by atoms with E-state index in [1.165, 1.54) is 17.0 Å². The summed E-state index contributed by atoms with van der Waals surface area (Å²) in [5, 5.41) is 6.05. The first-order valence-corrected chi connectivity index (χ1v) is 12.2. The van der Waals surface area contributed by atoms with E-state index in [1.54, 1.807) is 18.2 Å². The Morgan fingerprint density at radius 1 is 1.15 bits per heavy atom. The van der Waals surface area contributed by atoms with Gasteiger partial charge in [-0.25, -0.2) is 4.98 Å². The smallest absolute Gasteiger partial charge is 0.248 e. The molecule has 7 nitrogen and oxygen atoms in total. The second-order valence-electron chi connectivity index (χ2n) is 8.37. The Morgan fingerprint density at radius 3 is 2.52 bits per heavy atom. The van der Waals surface area contributed by atoms with Crippen LogP contribution >= 0.6 is 11.3 Å². The molecule has 0 spiro atoms. The minimum atomic E-state index is -0.481. The molecule has 1 fully saturated rings. The van der Waals surface area contributed by atoms with Gasteiger partial charge in [-0.15, -0.1) is 11.3 Å². The number of hydrogen-bond donors (Lipinski definition) is 2. The number of piperazine rings is 1. The molecule has 33 heavy (non-hydrogen) atoms. The van der Waals surface area contributed by atoms with Crippen molar-refractivity contribution >= 4 is 33.8 Å². The van der Waals surface area contributed by atoms with E-state index in [4.69, 9.17) is 15.5 Å². The first-order valence-electron chi connectivity index (χ1n) is 11.3. The fraction of sp³-hybridized carbons (Fsp3) is 0.360. The first kappa shape index (κ1) is 23.1. The van der Waals surface area contributed by atoms with Crippen molar-refractivity contribution in [3.63, 3.8) is 0 Å². The molecule has 4 rings (SSSR count). The fourth-order valence-electron chi connectivity index (χ4n) is 3.88. The second kappa shape index (κ2) is 10.2. The van der Waals surface area contributed by atoms with Crippen LogP contribution in [0.1, 0.15) is 31.1 Å². The van der Waals surface area contributed by atoms with E-state index in [2.05, 4.69) is 46.3 Å². The highest BCUT2D eigenvalue weighted by molar-refractivity contribution is 7.14. The van der Waals surface area contributed by atoms with Crippen molar-refractivity contribution in [1.29, 1.82) is 0 Å². The number of primary amides is 1. The maximum absolute atomic E-state index is 11.6. The highest BCUT2D eigenvalue weighted by atomic mass is 32.1. The van der Waals surface area contributed by atoms with Crippen LogP contribution in [0.15, 0.2) is 47.8 Å². The maximum Gasteiger partial charge on any atom is 0.248 e. The Bertz CT molecular complexity index is 1090. The van der Waals surface area contributed by atoms with Gasteiger partial charge in [0.05, 0.1) is 17.5 Å². The summed E-state index contributed by atoms with van der Waals surface area (Å²) in [5.41, 5.74) is 9.77. The van der Waals surface area contributed by atoms with Crippen molar-refractivity contribution in [3.8, 4) is 17.0 Å². The van der Waals surface area contributed by atoms with Gasteiger partial charge in [0.25, 0.3) is 0 Å². The largest absolute Gasteiger partial charge is 0.489 e. The molecular weight excluding hydrogens is 434 g/mol. The number of rotatable bonds is 8. The lowest BCUT2D eigenvalue weighted by Crippen LogP contribution is -2.46. The van der Waals surface area contributed by atoms with Gasteiger partial charge in [0.15, 0.2) is 5.13 Å². The van der Waals surface area contributed by atoms with Crippen LogP contribution in [0.3, 0.4) is 0 Å². The summed E-state index contributed by atoms with van der Waals surface area (Å²) >= 11 is 1.51. The molecule has 1 aliphatic heterocycles. The number of ether oxygens (including phenoxy) is 1. The standard InChI is InChI=1S/C25H31N5O2S/c1-4-29-11-13-30(14-12-29)20-8-5-18(6-9-20)22-16-33-25(28-22)27-21-15-19(24(26)31)7-10-23(21)32-17(2)3/h5-10,15-17H,4,11-14H2,1-3H3,(H2,26,31)(H,27,28). The number of hydrogen-bond acceptors (Lipinski definition) is 7. The average Bonchev–Trinajstić information content (AvgIpc) is 3.28. The summed E-state index contributed by atoms with van der Waals surface area (Å²) in [7, 11) is 0. The van der Waals surface area contributed by atoms with Crippen molar-refractivity contribution in [3.05, 3.63) is 53.4 Å². The van der Waals surface area contributed by atoms with Gasteiger partial charge >= 0.3 is 0 Å². The van der Waals surface area contributed by atoms with Gasteiger partial charge in [0.2, 0.25) is 5.91 Å². The molecule has 0 aliphatic carbocycles. The molecule has 174 valence electrons. The third-order valence-electron chi connectivity index (χ3n) is 5.72. The third-order valence-corrected chi connectivity index (χ3v) is 6.48. The van der Waals surface area contributed by atoms with E-state index in [-0.39, 0.29) is 6.10 Å². The molecule has 2 aromatic carbocycles. The molecule has 0 atom stereocenters. The van der Waals surface area contributed by atoms with Crippen LogP contribution < -0.4 is 20.7 Å². The van der Waals surface area contributed by atoms with Gasteiger partial charge in [0, 0.05) is 48.4 Å². The summed E-state index contributed by atoms with van der Waals surface area (Å²) < 4.78 is 5.88. The Hall–Kier alpha value is -3.10. The third kappa shape index (κ3) is 5.64. The molecule has 1 aromatic heterocycles. The zero-order chi connectivity index (χ0) is 23.4. The fourth-order valence-corrected chi connectivity index (χ4v) is 4.61. The van der Waals surface area contributed by atoms with Crippen molar-refractivity contribution in [2.45, 2.75) is 26.9 Å². The lowest BCUT2D eigenvalue weighted by molar-refractivity contribution is 0.100. The summed E-state index contributed by atoms with van der Waals surface area (Å²) in [6.45, 7) is 11.6. The topological polar surface area (TPSA) is 83.7 Å². The van der Waals surface area contributed by atoms with Crippen LogP contribution in [-0.2, 0) is 0 Å². The number of anilines is 3. The normalized spacial score (nSPS) is 14.5. The van der Waals surface area contributed by atoms with Crippen molar-refractivity contribution in [2.24, 2.45) is 5.73 Å². The highest BCUT2D eigenvalue weighted by Gasteiger charge is 2.16. The minimum absolute atomic E-state index is 0.000276. The number of carbonyl (C=O) groups excluding carboxylic acids is 1. The molecule has 1 amide bonds. The average molecular weight is 466 g/mol. The Labute approximate surface area is 199 Å². The predicted octanol–water partition coefficient (Wildman–Crippen LogP) is 4.58. The van der Waals surface area contributed by atoms with Crippen LogP contribution in [0, 0.1) is 0 Å². The Morgan fingerprint density at radius 2 is 1.88 bits per heavy atom. The molecular formula is C25H31N5O2S. The van der Waals surface area contributed by atoms with Crippen LogP contribution in [0.5, 0.6) is 5.75 Å². The molecule has 3 aromatic rings. The Balaban J connectivity index is 1.48. The quantitative estimate of drug-likeness (QED) is 0.507. The molecule has 3 N–H and O–H groups in total. The first-order chi connectivity index (χ1) is 15.9. The zero-order valence-electron chi connectivity index (χ0n) is 19.4. The second-order valence-corrected chi connectivity index (χ2v) is 9.23. The van der Waals surface area contributed by atoms with E-state index in [9.17, 15) is 4.79 Å².